The first-order valence-corrected chi connectivity index (χ1v) is 5.85. The summed E-state index contributed by atoms with van der Waals surface area (Å²) in [5, 5.41) is 9.62. The normalized spacial score (nSPS) is 31.7. The number of hydrogen-bond donors (Lipinski definition) is 1. The van der Waals surface area contributed by atoms with E-state index in [1.165, 1.54) is 4.90 Å². The Morgan fingerprint density at radius 1 is 1.38 bits per heavy atom. The van der Waals surface area contributed by atoms with E-state index in [2.05, 4.69) is 8.37 Å². The zero-order chi connectivity index (χ0) is 11.5. The number of amides is 1. The molecule has 2 fully saturated rings. The molecule has 1 N–H and O–H groups in total. The summed E-state index contributed by atoms with van der Waals surface area (Å²) in [5.41, 5.74) is 0. The summed E-state index contributed by atoms with van der Waals surface area (Å²) in [6.45, 7) is 0.759. The molecule has 0 radical (unpaired) electrons. The second-order valence-corrected chi connectivity index (χ2v) is 4.46. The number of hydrogen-bond acceptors (Lipinski definition) is 6. The van der Waals surface area contributed by atoms with Gasteiger partial charge in [0, 0.05) is 13.1 Å². The fourth-order valence-corrected chi connectivity index (χ4v) is 2.33. The standard InChI is InChI=1S/C9H13NO5S/c11-7-2-1-3-10-5-6(4-7)8(12)14-16-15-9(10)13/h6-7,11H,1-5H2. The van der Waals surface area contributed by atoms with Crippen LogP contribution in [0.25, 0.3) is 0 Å². The molecule has 2 aliphatic rings. The molecule has 0 spiro atoms. The Morgan fingerprint density at radius 3 is 3.00 bits per heavy atom. The Morgan fingerprint density at radius 2 is 2.19 bits per heavy atom. The lowest BCUT2D eigenvalue weighted by molar-refractivity contribution is -0.140. The maximum absolute atomic E-state index is 11.5. The minimum atomic E-state index is -0.500. The molecular formula is C9H13NO5S. The molecule has 2 bridgehead atoms. The Bertz CT molecular complexity index is 298. The second kappa shape index (κ2) is 4.92. The van der Waals surface area contributed by atoms with E-state index in [1.807, 2.05) is 0 Å². The molecule has 1 amide bonds. The average Bonchev–Trinajstić information content (AvgIpc) is 2.20. The third-order valence-electron chi connectivity index (χ3n) is 2.78. The minimum Gasteiger partial charge on any atom is -0.393 e. The van der Waals surface area contributed by atoms with Crippen molar-refractivity contribution in [2.75, 3.05) is 13.1 Å². The van der Waals surface area contributed by atoms with Crippen LogP contribution in [0.4, 0.5) is 4.79 Å². The molecule has 0 saturated carbocycles. The fourth-order valence-electron chi connectivity index (χ4n) is 1.93. The molecule has 90 valence electrons. The maximum atomic E-state index is 11.5. The SMILES string of the molecule is O=C1OSOC(=O)N2CCCC(O)CC1C2. The molecule has 0 aromatic carbocycles. The summed E-state index contributed by atoms with van der Waals surface area (Å²) in [4.78, 5) is 24.5. The third-order valence-corrected chi connectivity index (χ3v) is 3.22. The van der Waals surface area contributed by atoms with Gasteiger partial charge in [-0.25, -0.2) is 4.79 Å². The maximum Gasteiger partial charge on any atom is 0.424 e. The highest BCUT2D eigenvalue weighted by Crippen LogP contribution is 2.24. The molecule has 0 aromatic heterocycles. The van der Waals surface area contributed by atoms with Crippen LogP contribution in [0.1, 0.15) is 19.3 Å². The summed E-state index contributed by atoms with van der Waals surface area (Å²) < 4.78 is 9.34. The molecule has 2 unspecified atom stereocenters. The van der Waals surface area contributed by atoms with Crippen LogP contribution in [-0.2, 0) is 13.2 Å². The van der Waals surface area contributed by atoms with E-state index in [1.54, 1.807) is 0 Å². The van der Waals surface area contributed by atoms with Gasteiger partial charge in [0.15, 0.2) is 0 Å². The topological polar surface area (TPSA) is 76.1 Å². The van der Waals surface area contributed by atoms with Gasteiger partial charge in [-0.05, 0) is 19.3 Å². The molecule has 2 heterocycles. The summed E-state index contributed by atoms with van der Waals surface area (Å²) in [7, 11) is 0. The Kier molecular flexibility index (Phi) is 3.55. The van der Waals surface area contributed by atoms with E-state index < -0.39 is 24.1 Å². The van der Waals surface area contributed by atoms with Gasteiger partial charge in [-0.1, -0.05) is 0 Å². The van der Waals surface area contributed by atoms with Gasteiger partial charge in [-0.15, -0.1) is 0 Å². The second-order valence-electron chi connectivity index (χ2n) is 3.99. The smallest absolute Gasteiger partial charge is 0.393 e. The van der Waals surface area contributed by atoms with E-state index in [9.17, 15) is 14.7 Å². The van der Waals surface area contributed by atoms with Crippen LogP contribution in [0.5, 0.6) is 0 Å². The predicted molar refractivity (Wildman–Crippen MR) is 55.1 cm³/mol. The van der Waals surface area contributed by atoms with Crippen molar-refractivity contribution in [3.8, 4) is 0 Å². The number of fused-ring (bicyclic) bond motifs is 2. The van der Waals surface area contributed by atoms with Crippen LogP contribution in [0.15, 0.2) is 0 Å². The Balaban J connectivity index is 2.12. The largest absolute Gasteiger partial charge is 0.424 e. The van der Waals surface area contributed by atoms with Crippen LogP contribution in [-0.4, -0.2) is 41.3 Å². The molecular weight excluding hydrogens is 234 g/mol. The van der Waals surface area contributed by atoms with E-state index in [-0.39, 0.29) is 6.54 Å². The summed E-state index contributed by atoms with van der Waals surface area (Å²) in [6, 6.07) is 0. The molecule has 16 heavy (non-hydrogen) atoms. The van der Waals surface area contributed by atoms with Crippen LogP contribution in [0, 0.1) is 5.92 Å². The third kappa shape index (κ3) is 2.59. The number of rotatable bonds is 0. The van der Waals surface area contributed by atoms with Gasteiger partial charge >= 0.3 is 12.1 Å². The van der Waals surface area contributed by atoms with Crippen molar-refractivity contribution >= 4 is 24.4 Å². The van der Waals surface area contributed by atoms with E-state index in [4.69, 9.17) is 0 Å². The average molecular weight is 247 g/mol. The lowest BCUT2D eigenvalue weighted by Crippen LogP contribution is -2.43. The number of aliphatic hydroxyl groups is 1. The summed E-state index contributed by atoms with van der Waals surface area (Å²) >= 11 is 0.397. The summed E-state index contributed by atoms with van der Waals surface area (Å²) in [5.74, 6) is -0.904. The Hall–Kier alpha value is -0.950. The van der Waals surface area contributed by atoms with Crippen molar-refractivity contribution in [3.05, 3.63) is 0 Å². The van der Waals surface area contributed by atoms with Gasteiger partial charge in [-0.3, -0.25) is 4.79 Å². The van der Waals surface area contributed by atoms with Gasteiger partial charge in [0.1, 0.15) is 0 Å². The number of carbonyl (C=O) groups is 2. The van der Waals surface area contributed by atoms with Crippen molar-refractivity contribution in [1.82, 2.24) is 4.90 Å². The van der Waals surface area contributed by atoms with Crippen molar-refractivity contribution < 1.29 is 23.1 Å². The molecule has 0 aromatic rings. The minimum absolute atomic E-state index is 0.259. The lowest BCUT2D eigenvalue weighted by Gasteiger charge is -2.30. The first-order chi connectivity index (χ1) is 7.66. The van der Waals surface area contributed by atoms with Gasteiger partial charge in [0.05, 0.1) is 12.0 Å². The van der Waals surface area contributed by atoms with Crippen LogP contribution in [0.2, 0.25) is 0 Å². The van der Waals surface area contributed by atoms with Crippen molar-refractivity contribution in [2.24, 2.45) is 5.92 Å². The molecule has 2 saturated heterocycles. The first kappa shape index (κ1) is 11.5. The van der Waals surface area contributed by atoms with E-state index in [0.717, 1.165) is 0 Å². The molecule has 2 rings (SSSR count). The van der Waals surface area contributed by atoms with Gasteiger partial charge in [0.2, 0.25) is 0 Å². The Labute approximate surface area is 97.3 Å². The quantitative estimate of drug-likeness (QED) is 0.635. The van der Waals surface area contributed by atoms with Crippen molar-refractivity contribution in [2.45, 2.75) is 25.4 Å². The summed E-state index contributed by atoms with van der Waals surface area (Å²) in [6.07, 6.45) is 0.645. The molecule has 2 aliphatic heterocycles. The number of nitrogens with zero attached hydrogens (tertiary/aromatic N) is 1. The fraction of sp³-hybridized carbons (Fsp3) is 0.778. The van der Waals surface area contributed by atoms with E-state index >= 15 is 0 Å². The van der Waals surface area contributed by atoms with Gasteiger partial charge < -0.3 is 18.4 Å². The number of aliphatic hydroxyl groups excluding tert-OH is 1. The molecule has 2 atom stereocenters. The lowest BCUT2D eigenvalue weighted by atomic mass is 9.96. The zero-order valence-electron chi connectivity index (χ0n) is 8.63. The zero-order valence-corrected chi connectivity index (χ0v) is 9.44. The first-order valence-electron chi connectivity index (χ1n) is 5.19. The monoisotopic (exact) mass is 247 g/mol. The van der Waals surface area contributed by atoms with Crippen molar-refractivity contribution in [1.29, 1.82) is 0 Å². The highest BCUT2D eigenvalue weighted by atomic mass is 32.2. The highest BCUT2D eigenvalue weighted by molar-refractivity contribution is 7.90. The van der Waals surface area contributed by atoms with E-state index in [0.29, 0.717) is 38.1 Å². The van der Waals surface area contributed by atoms with Gasteiger partial charge in [-0.2, -0.15) is 0 Å². The number of carbonyl (C=O) groups excluding carboxylic acids is 2. The molecule has 0 aliphatic carbocycles. The van der Waals surface area contributed by atoms with Crippen LogP contribution < -0.4 is 0 Å². The molecule has 7 heteroatoms. The van der Waals surface area contributed by atoms with Crippen LogP contribution in [0.3, 0.4) is 0 Å². The highest BCUT2D eigenvalue weighted by Gasteiger charge is 2.33. The van der Waals surface area contributed by atoms with Crippen molar-refractivity contribution in [3.63, 3.8) is 0 Å². The van der Waals surface area contributed by atoms with Gasteiger partial charge in [0.25, 0.3) is 12.3 Å². The molecule has 6 nitrogen and oxygen atoms in total. The predicted octanol–water partition coefficient (Wildman–Crippen LogP) is 0.706. The van der Waals surface area contributed by atoms with Crippen LogP contribution >= 0.6 is 12.3 Å².